The number of alkyl carbamates (subject to hydrolysis) is 1. The number of hydrogen-bond donors (Lipinski definition) is 2. The van der Waals surface area contributed by atoms with Gasteiger partial charge < -0.3 is 20.1 Å². The molecule has 128 valence electrons. The number of nitrogens with one attached hydrogen (secondary N) is 1. The molecule has 0 fully saturated rings. The number of aliphatic hydroxyl groups excluding tert-OH is 1. The number of benzene rings is 1. The molecule has 0 saturated carbocycles. The Morgan fingerprint density at radius 3 is 2.52 bits per heavy atom. The summed E-state index contributed by atoms with van der Waals surface area (Å²) in [5.74, 6) is -1.21. The number of hydrogen-bond acceptors (Lipinski definition) is 4. The first-order chi connectivity index (χ1) is 10.5. The highest BCUT2D eigenvalue weighted by Crippen LogP contribution is 2.22. The van der Waals surface area contributed by atoms with E-state index in [0.717, 1.165) is 11.0 Å². The highest BCUT2D eigenvalue weighted by Gasteiger charge is 2.26. The van der Waals surface area contributed by atoms with Gasteiger partial charge in [0.15, 0.2) is 0 Å². The van der Waals surface area contributed by atoms with Crippen LogP contribution >= 0.6 is 11.6 Å². The van der Waals surface area contributed by atoms with E-state index in [1.165, 1.54) is 19.2 Å². The van der Waals surface area contributed by atoms with E-state index in [-0.39, 0.29) is 5.02 Å². The highest BCUT2D eigenvalue weighted by molar-refractivity contribution is 6.31. The number of rotatable bonds is 4. The number of ether oxygens (including phenoxy) is 1. The number of halogens is 2. The minimum Gasteiger partial charge on any atom is -0.444 e. The lowest BCUT2D eigenvalue weighted by Crippen LogP contribution is -2.50. The summed E-state index contributed by atoms with van der Waals surface area (Å²) in [6.07, 6.45) is -0.824. The summed E-state index contributed by atoms with van der Waals surface area (Å²) < 4.78 is 18.2. The van der Waals surface area contributed by atoms with Crippen LogP contribution in [0.4, 0.5) is 14.9 Å². The van der Waals surface area contributed by atoms with Crippen molar-refractivity contribution in [3.05, 3.63) is 29.0 Å². The molecule has 8 heteroatoms. The number of likely N-dealkylation sites (N-methyl/N-ethyl adjacent to an activating group) is 1. The predicted octanol–water partition coefficient (Wildman–Crippen LogP) is 2.33. The Kier molecular flexibility index (Phi) is 6.35. The van der Waals surface area contributed by atoms with Crippen molar-refractivity contribution in [2.24, 2.45) is 0 Å². The van der Waals surface area contributed by atoms with E-state index in [4.69, 9.17) is 16.3 Å². The number of aliphatic hydroxyl groups is 1. The van der Waals surface area contributed by atoms with Crippen molar-refractivity contribution in [1.82, 2.24) is 5.32 Å². The molecule has 0 saturated heterocycles. The Hall–Kier alpha value is -1.86. The summed E-state index contributed by atoms with van der Waals surface area (Å²) in [7, 11) is 1.42. The van der Waals surface area contributed by atoms with Crippen LogP contribution in [0.3, 0.4) is 0 Å². The summed E-state index contributed by atoms with van der Waals surface area (Å²) in [6, 6.07) is 2.56. The van der Waals surface area contributed by atoms with Crippen LogP contribution in [0.5, 0.6) is 0 Å². The Labute approximate surface area is 139 Å². The topological polar surface area (TPSA) is 78.9 Å². The van der Waals surface area contributed by atoms with Gasteiger partial charge in [-0.25, -0.2) is 9.18 Å². The maximum Gasteiger partial charge on any atom is 0.408 e. The van der Waals surface area contributed by atoms with Gasteiger partial charge in [-0.1, -0.05) is 11.6 Å². The van der Waals surface area contributed by atoms with Crippen LogP contribution in [0.2, 0.25) is 5.02 Å². The van der Waals surface area contributed by atoms with Crippen molar-refractivity contribution in [1.29, 1.82) is 0 Å². The molecular weight excluding hydrogens is 327 g/mol. The molecule has 0 aliphatic rings. The Bertz CT molecular complexity index is 589. The molecule has 0 spiro atoms. The van der Waals surface area contributed by atoms with E-state index in [2.05, 4.69) is 5.32 Å². The maximum absolute atomic E-state index is 13.2. The van der Waals surface area contributed by atoms with Gasteiger partial charge >= 0.3 is 6.09 Å². The molecule has 0 radical (unpaired) electrons. The lowest BCUT2D eigenvalue weighted by Gasteiger charge is -2.25. The van der Waals surface area contributed by atoms with Crippen molar-refractivity contribution in [3.8, 4) is 0 Å². The minimum atomic E-state index is -1.20. The third kappa shape index (κ3) is 5.69. The molecule has 6 nitrogen and oxygen atoms in total. The standard InChI is InChI=1S/C15H20ClFN2O4/c1-15(2,3)23-14(22)18-12(8-20)13(21)19(4)9-5-6-11(17)10(16)7-9/h5-7,12,20H,8H2,1-4H3,(H,18,22)/t12-/m0/s1. The fraction of sp³-hybridized carbons (Fsp3) is 0.467. The van der Waals surface area contributed by atoms with E-state index in [9.17, 15) is 19.1 Å². The van der Waals surface area contributed by atoms with Crippen LogP contribution in [-0.2, 0) is 9.53 Å². The molecule has 23 heavy (non-hydrogen) atoms. The zero-order chi connectivity index (χ0) is 17.8. The second-order valence-corrected chi connectivity index (χ2v) is 6.28. The first-order valence-corrected chi connectivity index (χ1v) is 7.26. The van der Waals surface area contributed by atoms with E-state index in [1.807, 2.05) is 0 Å². The van der Waals surface area contributed by atoms with Crippen LogP contribution in [0.25, 0.3) is 0 Å². The second kappa shape index (κ2) is 7.61. The summed E-state index contributed by atoms with van der Waals surface area (Å²) in [4.78, 5) is 25.2. The lowest BCUT2D eigenvalue weighted by molar-refractivity contribution is -0.121. The van der Waals surface area contributed by atoms with Crippen molar-refractivity contribution in [3.63, 3.8) is 0 Å². The van der Waals surface area contributed by atoms with Crippen molar-refractivity contribution in [2.45, 2.75) is 32.4 Å². The lowest BCUT2D eigenvalue weighted by atomic mass is 10.2. The second-order valence-electron chi connectivity index (χ2n) is 5.88. The fourth-order valence-electron chi connectivity index (χ4n) is 1.69. The average Bonchev–Trinajstić information content (AvgIpc) is 2.44. The van der Waals surface area contributed by atoms with Crippen LogP contribution < -0.4 is 10.2 Å². The van der Waals surface area contributed by atoms with Crippen LogP contribution in [0.15, 0.2) is 18.2 Å². The van der Waals surface area contributed by atoms with Gasteiger partial charge in [-0.15, -0.1) is 0 Å². The van der Waals surface area contributed by atoms with Gasteiger partial charge in [0.1, 0.15) is 17.5 Å². The summed E-state index contributed by atoms with van der Waals surface area (Å²) >= 11 is 5.68. The van der Waals surface area contributed by atoms with E-state index in [0.29, 0.717) is 5.69 Å². The Balaban J connectivity index is 2.82. The molecule has 1 aromatic carbocycles. The first kappa shape index (κ1) is 19.2. The zero-order valence-electron chi connectivity index (χ0n) is 13.4. The zero-order valence-corrected chi connectivity index (χ0v) is 14.1. The smallest absolute Gasteiger partial charge is 0.408 e. The van der Waals surface area contributed by atoms with E-state index < -0.39 is 36.1 Å². The van der Waals surface area contributed by atoms with Crippen molar-refractivity contribution < 1.29 is 23.8 Å². The molecule has 0 heterocycles. The fourth-order valence-corrected chi connectivity index (χ4v) is 1.86. The molecular formula is C15H20ClFN2O4. The predicted molar refractivity (Wildman–Crippen MR) is 85.1 cm³/mol. The molecule has 1 aromatic rings. The molecule has 0 unspecified atom stereocenters. The van der Waals surface area contributed by atoms with Gasteiger partial charge in [0.2, 0.25) is 0 Å². The van der Waals surface area contributed by atoms with Crippen LogP contribution in [0.1, 0.15) is 20.8 Å². The number of nitrogens with zero attached hydrogens (tertiary/aromatic N) is 1. The molecule has 0 aliphatic carbocycles. The summed E-state index contributed by atoms with van der Waals surface area (Å²) in [5.41, 5.74) is -0.408. The summed E-state index contributed by atoms with van der Waals surface area (Å²) in [6.45, 7) is 4.41. The van der Waals surface area contributed by atoms with Crippen molar-refractivity contribution in [2.75, 3.05) is 18.6 Å². The Morgan fingerprint density at radius 2 is 2.04 bits per heavy atom. The summed E-state index contributed by atoms with van der Waals surface area (Å²) in [5, 5.41) is 11.5. The van der Waals surface area contributed by atoms with E-state index in [1.54, 1.807) is 20.8 Å². The number of carbonyl (C=O) groups excluding carboxylic acids is 2. The SMILES string of the molecule is CN(C(=O)[C@H](CO)NC(=O)OC(C)(C)C)c1ccc(F)c(Cl)c1. The monoisotopic (exact) mass is 346 g/mol. The van der Waals surface area contributed by atoms with Crippen molar-refractivity contribution >= 4 is 29.3 Å². The Morgan fingerprint density at radius 1 is 1.43 bits per heavy atom. The van der Waals surface area contributed by atoms with Gasteiger partial charge in [0, 0.05) is 12.7 Å². The third-order valence-electron chi connectivity index (χ3n) is 2.79. The molecule has 0 aliphatic heterocycles. The number of anilines is 1. The van der Waals surface area contributed by atoms with Crippen LogP contribution in [-0.4, -0.2) is 42.4 Å². The molecule has 2 N–H and O–H groups in total. The quantitative estimate of drug-likeness (QED) is 0.877. The largest absolute Gasteiger partial charge is 0.444 e. The normalized spacial score (nSPS) is 12.5. The highest BCUT2D eigenvalue weighted by atomic mass is 35.5. The van der Waals surface area contributed by atoms with Gasteiger partial charge in [-0.2, -0.15) is 0 Å². The molecule has 1 rings (SSSR count). The van der Waals surface area contributed by atoms with Gasteiger partial charge in [0.05, 0.1) is 11.6 Å². The maximum atomic E-state index is 13.2. The molecule has 0 bridgehead atoms. The average molecular weight is 347 g/mol. The molecule has 2 amide bonds. The van der Waals surface area contributed by atoms with Gasteiger partial charge in [-0.05, 0) is 39.0 Å². The van der Waals surface area contributed by atoms with Crippen LogP contribution in [0, 0.1) is 5.82 Å². The molecule has 0 aromatic heterocycles. The van der Waals surface area contributed by atoms with Gasteiger partial charge in [-0.3, -0.25) is 4.79 Å². The number of carbonyl (C=O) groups is 2. The first-order valence-electron chi connectivity index (χ1n) is 6.88. The number of amides is 2. The van der Waals surface area contributed by atoms with E-state index >= 15 is 0 Å². The van der Waals surface area contributed by atoms with Gasteiger partial charge in [0.25, 0.3) is 5.91 Å². The molecule has 1 atom stereocenters. The minimum absolute atomic E-state index is 0.136. The third-order valence-corrected chi connectivity index (χ3v) is 3.08.